The molecule has 1 heterocycles. The Hall–Kier alpha value is -1.22. The van der Waals surface area contributed by atoms with Crippen molar-refractivity contribution in [3.05, 3.63) is 41.3 Å². The second-order valence-corrected chi connectivity index (χ2v) is 9.31. The quantitative estimate of drug-likeness (QED) is 0.833. The fourth-order valence-corrected chi connectivity index (χ4v) is 4.69. The highest BCUT2D eigenvalue weighted by molar-refractivity contribution is 7.92. The van der Waals surface area contributed by atoms with Crippen LogP contribution in [-0.2, 0) is 20.0 Å². The highest BCUT2D eigenvalue weighted by Crippen LogP contribution is 2.15. The summed E-state index contributed by atoms with van der Waals surface area (Å²) in [5.74, 6) is 0.0726. The van der Waals surface area contributed by atoms with Gasteiger partial charge in [-0.2, -0.15) is 0 Å². The number of rotatable bonds is 6. The molecule has 0 radical (unpaired) electrons. The number of nitrogens with zero attached hydrogens (tertiary/aromatic N) is 1. The van der Waals surface area contributed by atoms with Crippen LogP contribution in [0.25, 0.3) is 6.08 Å². The molecule has 1 saturated heterocycles. The molecule has 8 heteroatoms. The van der Waals surface area contributed by atoms with Crippen LogP contribution in [0.4, 0.5) is 0 Å². The van der Waals surface area contributed by atoms with E-state index in [0.29, 0.717) is 25.9 Å². The van der Waals surface area contributed by atoms with Gasteiger partial charge in [0.05, 0.1) is 5.75 Å². The largest absolute Gasteiger partial charge is 0.233 e. The van der Waals surface area contributed by atoms with E-state index in [4.69, 9.17) is 0 Å². The number of hydrogen-bond acceptors (Lipinski definition) is 4. The highest BCUT2D eigenvalue weighted by Gasteiger charge is 2.28. The number of nitrogens with one attached hydrogen (secondary N) is 1. The van der Waals surface area contributed by atoms with Crippen molar-refractivity contribution in [2.24, 2.45) is 0 Å². The van der Waals surface area contributed by atoms with Crippen LogP contribution in [-0.4, -0.2) is 46.0 Å². The molecule has 0 saturated carbocycles. The first kappa shape index (κ1) is 18.1. The maximum atomic E-state index is 12.1. The molecule has 1 aromatic rings. The first-order valence-corrected chi connectivity index (χ1v) is 10.7. The van der Waals surface area contributed by atoms with E-state index in [-0.39, 0.29) is 11.8 Å². The van der Waals surface area contributed by atoms with E-state index < -0.39 is 20.0 Å². The van der Waals surface area contributed by atoms with Crippen LogP contribution in [0.5, 0.6) is 0 Å². The van der Waals surface area contributed by atoms with Crippen LogP contribution in [0.1, 0.15) is 25.3 Å². The SMILES string of the molecule is CCS(=O)(=O)N1CCC(NS(=O)(=O)C=Cc2ccccc2)CC1. The number of hydrogen-bond donors (Lipinski definition) is 1. The predicted octanol–water partition coefficient (Wildman–Crippen LogP) is 1.39. The third-order valence-electron chi connectivity index (χ3n) is 3.78. The van der Waals surface area contributed by atoms with Gasteiger partial charge in [-0.05, 0) is 31.4 Å². The summed E-state index contributed by atoms with van der Waals surface area (Å²) < 4.78 is 51.8. The maximum Gasteiger partial charge on any atom is 0.233 e. The summed E-state index contributed by atoms with van der Waals surface area (Å²) in [6.45, 7) is 2.32. The molecule has 0 unspecified atom stereocenters. The van der Waals surface area contributed by atoms with E-state index in [1.54, 1.807) is 13.0 Å². The Bertz CT molecular complexity index is 735. The minimum atomic E-state index is -3.54. The molecule has 0 amide bonds. The smallest absolute Gasteiger partial charge is 0.212 e. The van der Waals surface area contributed by atoms with Crippen molar-refractivity contribution in [1.29, 1.82) is 0 Å². The molecule has 6 nitrogen and oxygen atoms in total. The summed E-state index contributed by atoms with van der Waals surface area (Å²) in [5.41, 5.74) is 0.807. The van der Waals surface area contributed by atoms with E-state index in [0.717, 1.165) is 11.0 Å². The van der Waals surface area contributed by atoms with E-state index in [9.17, 15) is 16.8 Å². The molecular weight excluding hydrogens is 336 g/mol. The van der Waals surface area contributed by atoms with Crippen LogP contribution >= 0.6 is 0 Å². The first-order valence-electron chi connectivity index (χ1n) is 7.56. The molecule has 0 aliphatic carbocycles. The van der Waals surface area contributed by atoms with Crippen molar-refractivity contribution >= 4 is 26.1 Å². The average Bonchev–Trinajstić information content (AvgIpc) is 2.54. The lowest BCUT2D eigenvalue weighted by Crippen LogP contribution is -2.46. The van der Waals surface area contributed by atoms with E-state index >= 15 is 0 Å². The van der Waals surface area contributed by atoms with Gasteiger partial charge in [0.15, 0.2) is 0 Å². The Labute approximate surface area is 138 Å². The van der Waals surface area contributed by atoms with Gasteiger partial charge in [0.1, 0.15) is 0 Å². The van der Waals surface area contributed by atoms with Gasteiger partial charge in [-0.15, -0.1) is 0 Å². The second kappa shape index (κ2) is 7.57. The first-order chi connectivity index (χ1) is 10.8. The molecule has 23 heavy (non-hydrogen) atoms. The van der Waals surface area contributed by atoms with Gasteiger partial charge in [0, 0.05) is 24.5 Å². The predicted molar refractivity (Wildman–Crippen MR) is 91.6 cm³/mol. The molecule has 1 fully saturated rings. The molecule has 1 aliphatic rings. The lowest BCUT2D eigenvalue weighted by atomic mass is 10.1. The number of sulfonamides is 2. The van der Waals surface area contributed by atoms with Crippen LogP contribution in [0, 0.1) is 0 Å². The molecule has 1 N–H and O–H groups in total. The Kier molecular flexibility index (Phi) is 5.96. The number of piperidine rings is 1. The van der Waals surface area contributed by atoms with Crippen molar-refractivity contribution in [3.63, 3.8) is 0 Å². The average molecular weight is 358 g/mol. The Balaban J connectivity index is 1.91. The van der Waals surface area contributed by atoms with Gasteiger partial charge in [-0.25, -0.2) is 25.9 Å². The normalized spacial score (nSPS) is 18.5. The third kappa shape index (κ3) is 5.42. The maximum absolute atomic E-state index is 12.1. The van der Waals surface area contributed by atoms with E-state index in [1.165, 1.54) is 4.31 Å². The van der Waals surface area contributed by atoms with Gasteiger partial charge in [-0.1, -0.05) is 30.3 Å². The monoisotopic (exact) mass is 358 g/mol. The van der Waals surface area contributed by atoms with Crippen LogP contribution in [0.2, 0.25) is 0 Å². The standard InChI is InChI=1S/C15H22N2O4S2/c1-2-23(20,21)17-11-8-15(9-12-17)16-22(18,19)13-10-14-6-4-3-5-7-14/h3-7,10,13,15-16H,2,8-9,11-12H2,1H3. The Morgan fingerprint density at radius 3 is 2.30 bits per heavy atom. The lowest BCUT2D eigenvalue weighted by molar-refractivity contribution is 0.309. The molecule has 1 aromatic carbocycles. The summed E-state index contributed by atoms with van der Waals surface area (Å²) in [7, 11) is -6.73. The van der Waals surface area contributed by atoms with Crippen molar-refractivity contribution in [2.45, 2.75) is 25.8 Å². The van der Waals surface area contributed by atoms with E-state index in [1.807, 2.05) is 30.3 Å². The van der Waals surface area contributed by atoms with Crippen LogP contribution in [0.15, 0.2) is 35.7 Å². The molecular formula is C15H22N2O4S2. The van der Waals surface area contributed by atoms with Crippen molar-refractivity contribution in [2.75, 3.05) is 18.8 Å². The van der Waals surface area contributed by atoms with E-state index in [2.05, 4.69) is 4.72 Å². The molecule has 0 bridgehead atoms. The van der Waals surface area contributed by atoms with Gasteiger partial charge < -0.3 is 0 Å². The van der Waals surface area contributed by atoms with Gasteiger partial charge in [0.2, 0.25) is 20.0 Å². The Morgan fingerprint density at radius 1 is 1.13 bits per heavy atom. The van der Waals surface area contributed by atoms with Crippen molar-refractivity contribution < 1.29 is 16.8 Å². The van der Waals surface area contributed by atoms with Crippen molar-refractivity contribution in [1.82, 2.24) is 9.03 Å². The zero-order valence-electron chi connectivity index (χ0n) is 13.1. The molecule has 128 valence electrons. The molecule has 0 spiro atoms. The lowest BCUT2D eigenvalue weighted by Gasteiger charge is -2.30. The zero-order valence-corrected chi connectivity index (χ0v) is 14.7. The summed E-state index contributed by atoms with van der Waals surface area (Å²) in [6.07, 6.45) is 2.51. The second-order valence-electron chi connectivity index (χ2n) is 5.45. The Morgan fingerprint density at radius 2 is 1.74 bits per heavy atom. The fourth-order valence-electron chi connectivity index (χ4n) is 2.44. The minimum absolute atomic E-state index is 0.0726. The fraction of sp³-hybridized carbons (Fsp3) is 0.467. The van der Waals surface area contributed by atoms with Crippen molar-refractivity contribution in [3.8, 4) is 0 Å². The zero-order chi connectivity index (χ0) is 16.9. The third-order valence-corrected chi connectivity index (χ3v) is 6.82. The van der Waals surface area contributed by atoms with Crippen LogP contribution in [0.3, 0.4) is 0 Å². The molecule has 2 rings (SSSR count). The molecule has 0 aromatic heterocycles. The van der Waals surface area contributed by atoms with Crippen LogP contribution < -0.4 is 4.72 Å². The molecule has 1 aliphatic heterocycles. The summed E-state index contributed by atoms with van der Waals surface area (Å²) >= 11 is 0. The summed E-state index contributed by atoms with van der Waals surface area (Å²) in [4.78, 5) is 0. The topological polar surface area (TPSA) is 83.6 Å². The summed E-state index contributed by atoms with van der Waals surface area (Å²) in [5, 5.41) is 1.15. The highest BCUT2D eigenvalue weighted by atomic mass is 32.2. The van der Waals surface area contributed by atoms with Gasteiger partial charge in [0.25, 0.3) is 0 Å². The van der Waals surface area contributed by atoms with Gasteiger partial charge >= 0.3 is 0 Å². The molecule has 0 atom stereocenters. The summed E-state index contributed by atoms with van der Waals surface area (Å²) in [6, 6.07) is 8.94. The minimum Gasteiger partial charge on any atom is -0.212 e. The number of benzene rings is 1. The van der Waals surface area contributed by atoms with Gasteiger partial charge in [-0.3, -0.25) is 0 Å².